The minimum atomic E-state index is -1.94. The summed E-state index contributed by atoms with van der Waals surface area (Å²) in [7, 11) is -1.94. The average Bonchev–Trinajstić information content (AvgIpc) is 2.62. The zero-order valence-electron chi connectivity index (χ0n) is 13.7. The number of carboxylic acid groups (broad SMARTS) is 1. The van der Waals surface area contributed by atoms with Crippen molar-refractivity contribution in [3.8, 4) is 5.75 Å². The Morgan fingerprint density at radius 1 is 1.08 bits per heavy atom. The Kier molecular flexibility index (Phi) is 6.34. The van der Waals surface area contributed by atoms with Crippen molar-refractivity contribution in [2.24, 2.45) is 5.73 Å². The molecule has 0 heterocycles. The summed E-state index contributed by atoms with van der Waals surface area (Å²) in [5.41, 5.74) is 6.25. The summed E-state index contributed by atoms with van der Waals surface area (Å²) >= 11 is 0. The van der Waals surface area contributed by atoms with Gasteiger partial charge in [-0.1, -0.05) is 42.5 Å². The lowest BCUT2D eigenvalue weighted by atomic mass is 9.75. The fourth-order valence-corrected chi connectivity index (χ4v) is 2.48. The Morgan fingerprint density at radius 3 is 2.31 bits per heavy atom. The number of phenols is 1. The topological polar surface area (TPSA) is 153 Å². The van der Waals surface area contributed by atoms with Crippen molar-refractivity contribution in [1.29, 1.82) is 0 Å². The van der Waals surface area contributed by atoms with Crippen molar-refractivity contribution in [1.82, 2.24) is 5.32 Å². The SMILES string of the molecule is N[C@H](C(=O)NC(Cc1cccc(C(=O)O)c1O)B(O)O)c1ccccc1. The number of benzene rings is 2. The number of nitrogens with two attached hydrogens (primary N) is 1. The summed E-state index contributed by atoms with van der Waals surface area (Å²) in [6.45, 7) is 0. The van der Waals surface area contributed by atoms with E-state index in [1.54, 1.807) is 30.3 Å². The Labute approximate surface area is 150 Å². The first-order valence-electron chi connectivity index (χ1n) is 7.82. The molecular formula is C17H19BN2O6. The predicted molar refractivity (Wildman–Crippen MR) is 94.3 cm³/mol. The molecule has 0 fully saturated rings. The number of carbonyl (C=O) groups is 2. The maximum atomic E-state index is 12.3. The van der Waals surface area contributed by atoms with Crippen LogP contribution in [-0.4, -0.2) is 45.2 Å². The van der Waals surface area contributed by atoms with Crippen LogP contribution in [0.5, 0.6) is 5.75 Å². The molecule has 9 heteroatoms. The van der Waals surface area contributed by atoms with E-state index in [1.165, 1.54) is 18.2 Å². The van der Waals surface area contributed by atoms with Crippen molar-refractivity contribution in [2.45, 2.75) is 18.4 Å². The number of carboxylic acids is 1. The fraction of sp³-hybridized carbons (Fsp3) is 0.176. The molecule has 0 saturated carbocycles. The number of amides is 1. The van der Waals surface area contributed by atoms with Gasteiger partial charge in [-0.3, -0.25) is 4.79 Å². The fourth-order valence-electron chi connectivity index (χ4n) is 2.48. The summed E-state index contributed by atoms with van der Waals surface area (Å²) in [4.78, 5) is 23.4. The second kappa shape index (κ2) is 8.48. The molecule has 0 aliphatic rings. The van der Waals surface area contributed by atoms with Gasteiger partial charge in [-0.15, -0.1) is 0 Å². The molecule has 0 saturated heterocycles. The van der Waals surface area contributed by atoms with Crippen LogP contribution in [0.3, 0.4) is 0 Å². The van der Waals surface area contributed by atoms with Gasteiger partial charge in [-0.25, -0.2) is 4.79 Å². The molecule has 2 rings (SSSR count). The largest absolute Gasteiger partial charge is 0.507 e. The highest BCUT2D eigenvalue weighted by molar-refractivity contribution is 6.43. The molecule has 136 valence electrons. The number of para-hydroxylation sites is 1. The van der Waals surface area contributed by atoms with Crippen molar-refractivity contribution >= 4 is 19.0 Å². The van der Waals surface area contributed by atoms with Crippen molar-refractivity contribution in [2.75, 3.05) is 0 Å². The van der Waals surface area contributed by atoms with Crippen LogP contribution in [0.1, 0.15) is 27.5 Å². The lowest BCUT2D eigenvalue weighted by molar-refractivity contribution is -0.122. The van der Waals surface area contributed by atoms with Crippen LogP contribution in [0.2, 0.25) is 0 Å². The lowest BCUT2D eigenvalue weighted by Crippen LogP contribution is -2.50. The molecule has 2 aromatic rings. The van der Waals surface area contributed by atoms with E-state index in [-0.39, 0.29) is 17.5 Å². The summed E-state index contributed by atoms with van der Waals surface area (Å²) < 4.78 is 0. The molecule has 7 N–H and O–H groups in total. The van der Waals surface area contributed by atoms with E-state index in [1.807, 2.05) is 0 Å². The molecule has 1 amide bonds. The first-order valence-corrected chi connectivity index (χ1v) is 7.82. The molecule has 2 atom stereocenters. The zero-order chi connectivity index (χ0) is 19.3. The van der Waals surface area contributed by atoms with Gasteiger partial charge in [0.1, 0.15) is 17.4 Å². The summed E-state index contributed by atoms with van der Waals surface area (Å²) in [5.74, 6) is -3.64. The molecule has 1 unspecified atom stereocenters. The second-order valence-corrected chi connectivity index (χ2v) is 5.74. The normalized spacial score (nSPS) is 12.9. The van der Waals surface area contributed by atoms with E-state index < -0.39 is 36.7 Å². The van der Waals surface area contributed by atoms with Crippen LogP contribution in [-0.2, 0) is 11.2 Å². The number of carbonyl (C=O) groups excluding carboxylic acids is 1. The first-order chi connectivity index (χ1) is 12.3. The van der Waals surface area contributed by atoms with Crippen LogP contribution in [0.25, 0.3) is 0 Å². The number of hydrogen-bond donors (Lipinski definition) is 6. The first kappa shape index (κ1) is 19.4. The minimum Gasteiger partial charge on any atom is -0.507 e. The summed E-state index contributed by atoms with van der Waals surface area (Å²) in [5, 5.41) is 40.6. The van der Waals surface area contributed by atoms with Gasteiger partial charge in [-0.2, -0.15) is 0 Å². The third-order valence-corrected chi connectivity index (χ3v) is 3.92. The molecule has 0 aliphatic carbocycles. The molecule has 0 spiro atoms. The van der Waals surface area contributed by atoms with Crippen molar-refractivity contribution < 1.29 is 29.9 Å². The maximum absolute atomic E-state index is 12.3. The molecule has 26 heavy (non-hydrogen) atoms. The highest BCUT2D eigenvalue weighted by Gasteiger charge is 2.29. The smallest absolute Gasteiger partial charge is 0.475 e. The Bertz CT molecular complexity index is 784. The van der Waals surface area contributed by atoms with Crippen molar-refractivity contribution in [3.63, 3.8) is 0 Å². The maximum Gasteiger partial charge on any atom is 0.475 e. The van der Waals surface area contributed by atoms with Gasteiger partial charge in [-0.05, 0) is 23.6 Å². The second-order valence-electron chi connectivity index (χ2n) is 5.74. The van der Waals surface area contributed by atoms with Gasteiger partial charge >= 0.3 is 13.1 Å². The Morgan fingerprint density at radius 2 is 1.73 bits per heavy atom. The highest BCUT2D eigenvalue weighted by Crippen LogP contribution is 2.24. The van der Waals surface area contributed by atoms with Crippen LogP contribution < -0.4 is 11.1 Å². The van der Waals surface area contributed by atoms with Gasteiger partial charge in [0.05, 0.1) is 5.94 Å². The number of aromatic hydroxyl groups is 1. The molecular weight excluding hydrogens is 339 g/mol. The summed E-state index contributed by atoms with van der Waals surface area (Å²) in [6, 6.07) is 11.6. The van der Waals surface area contributed by atoms with Crippen molar-refractivity contribution in [3.05, 3.63) is 65.2 Å². The average molecular weight is 358 g/mol. The lowest BCUT2D eigenvalue weighted by Gasteiger charge is -2.21. The Balaban J connectivity index is 2.16. The van der Waals surface area contributed by atoms with E-state index in [2.05, 4.69) is 5.32 Å². The zero-order valence-corrected chi connectivity index (χ0v) is 13.7. The molecule has 0 aliphatic heterocycles. The van der Waals surface area contributed by atoms with Crippen LogP contribution >= 0.6 is 0 Å². The summed E-state index contributed by atoms with van der Waals surface area (Å²) in [6.07, 6.45) is -0.197. The number of hydrogen-bond acceptors (Lipinski definition) is 6. The standard InChI is InChI=1S/C17H19BN2O6/c19-14(10-5-2-1-3-6-10)16(22)20-13(18(25)26)9-11-7-4-8-12(15(11)21)17(23)24/h1-8,13-14,21,25-26H,9,19H2,(H,20,22)(H,23,24)/t13?,14-/m0/s1. The molecule has 8 nitrogen and oxygen atoms in total. The molecule has 0 bridgehead atoms. The molecule has 2 aromatic carbocycles. The third kappa shape index (κ3) is 4.60. The number of nitrogens with one attached hydrogen (secondary N) is 1. The van der Waals surface area contributed by atoms with Gasteiger partial charge < -0.3 is 31.3 Å². The van der Waals surface area contributed by atoms with Crippen LogP contribution in [0, 0.1) is 0 Å². The van der Waals surface area contributed by atoms with Gasteiger partial charge in [0.15, 0.2) is 0 Å². The van der Waals surface area contributed by atoms with E-state index in [9.17, 15) is 24.7 Å². The number of aromatic carboxylic acids is 1. The van der Waals surface area contributed by atoms with E-state index in [0.717, 1.165) is 0 Å². The van der Waals surface area contributed by atoms with Crippen LogP contribution in [0.15, 0.2) is 48.5 Å². The number of rotatable bonds is 7. The monoisotopic (exact) mass is 358 g/mol. The Hall–Kier alpha value is -2.88. The van der Waals surface area contributed by atoms with Gasteiger partial charge in [0.2, 0.25) is 5.91 Å². The van der Waals surface area contributed by atoms with E-state index >= 15 is 0 Å². The van der Waals surface area contributed by atoms with Gasteiger partial charge in [0.25, 0.3) is 0 Å². The van der Waals surface area contributed by atoms with Crippen LogP contribution in [0.4, 0.5) is 0 Å². The molecule has 0 radical (unpaired) electrons. The van der Waals surface area contributed by atoms with E-state index in [0.29, 0.717) is 5.56 Å². The minimum absolute atomic E-state index is 0.150. The molecule has 0 aromatic heterocycles. The predicted octanol–water partition coefficient (Wildman–Crippen LogP) is -0.170. The third-order valence-electron chi connectivity index (χ3n) is 3.92. The highest BCUT2D eigenvalue weighted by atomic mass is 16.4. The van der Waals surface area contributed by atoms with Gasteiger partial charge in [0, 0.05) is 0 Å². The van der Waals surface area contributed by atoms with E-state index in [4.69, 9.17) is 10.8 Å². The quantitative estimate of drug-likeness (QED) is 0.376.